The largest absolute Gasteiger partial charge is 0.457 e. The van der Waals surface area contributed by atoms with E-state index in [1.807, 2.05) is 0 Å². The number of hydrogen-bond donors (Lipinski definition) is 0. The number of hydrogen-bond acceptors (Lipinski definition) is 7. The van der Waals surface area contributed by atoms with Gasteiger partial charge in [-0.2, -0.15) is 4.39 Å². The summed E-state index contributed by atoms with van der Waals surface area (Å²) < 4.78 is 28.6. The Morgan fingerprint density at radius 2 is 2.08 bits per heavy atom. The fourth-order valence-corrected chi connectivity index (χ4v) is 2.38. The summed E-state index contributed by atoms with van der Waals surface area (Å²) in [6.45, 7) is 6.34. The first-order valence-corrected chi connectivity index (χ1v) is 8.03. The van der Waals surface area contributed by atoms with E-state index < -0.39 is 41.6 Å². The molecule has 1 amide bonds. The predicted octanol–water partition coefficient (Wildman–Crippen LogP) is 1.23. The summed E-state index contributed by atoms with van der Waals surface area (Å²) in [6.07, 6.45) is -1.72. The Kier molecular flexibility index (Phi) is 5.91. The van der Waals surface area contributed by atoms with Crippen LogP contribution in [0.2, 0.25) is 0 Å². The Bertz CT molecular complexity index is 685. The lowest BCUT2D eigenvalue weighted by Gasteiger charge is -2.35. The molecule has 142 valence electrons. The van der Waals surface area contributed by atoms with E-state index >= 15 is 0 Å². The number of amides is 1. The van der Waals surface area contributed by atoms with Crippen LogP contribution >= 0.6 is 0 Å². The van der Waals surface area contributed by atoms with E-state index in [2.05, 4.69) is 4.98 Å². The van der Waals surface area contributed by atoms with Crippen molar-refractivity contribution in [2.45, 2.75) is 45.5 Å². The Hall–Kier alpha value is -2.55. The van der Waals surface area contributed by atoms with E-state index in [0.717, 1.165) is 13.0 Å². The zero-order valence-electron chi connectivity index (χ0n) is 15.0. The van der Waals surface area contributed by atoms with Gasteiger partial charge in [-0.3, -0.25) is 9.59 Å². The maximum atomic E-state index is 13.0. The highest BCUT2D eigenvalue weighted by molar-refractivity contribution is 6.00. The molecule has 2 heterocycles. The molecule has 1 aromatic heterocycles. The number of carbonyl (C=O) groups is 3. The molecule has 8 nitrogen and oxygen atoms in total. The number of aromatic nitrogens is 1. The van der Waals surface area contributed by atoms with Gasteiger partial charge in [-0.1, -0.05) is 0 Å². The van der Waals surface area contributed by atoms with Crippen LogP contribution in [-0.4, -0.2) is 53.8 Å². The minimum atomic E-state index is -1.55. The number of esters is 2. The van der Waals surface area contributed by atoms with Gasteiger partial charge in [0.05, 0.1) is 18.5 Å². The molecule has 9 heteroatoms. The summed E-state index contributed by atoms with van der Waals surface area (Å²) in [4.78, 5) is 41.4. The normalized spacial score (nSPS) is 19.0. The minimum absolute atomic E-state index is 0.0916. The third kappa shape index (κ3) is 4.98. The zero-order chi connectivity index (χ0) is 19.5. The molecule has 0 N–H and O–H groups in total. The lowest BCUT2D eigenvalue weighted by atomic mass is 10.1. The van der Waals surface area contributed by atoms with Gasteiger partial charge >= 0.3 is 11.9 Å². The third-order valence-electron chi connectivity index (χ3n) is 3.35. The first-order chi connectivity index (χ1) is 12.1. The topological polar surface area (TPSA) is 95.0 Å². The molecule has 0 aromatic carbocycles. The van der Waals surface area contributed by atoms with Crippen LogP contribution in [0, 0.1) is 5.95 Å². The smallest absolute Gasteiger partial charge is 0.351 e. The maximum Gasteiger partial charge on any atom is 0.351 e. The molecular weight excluding hydrogens is 347 g/mol. The standard InChI is InChI=1S/C17H21FN2O6/c1-10(21)25-14(16(23)26-17(2,3)4)13-15(22)20(7-8-24-13)11-5-6-12(18)19-9-11/h5-6,9,13-14H,7-8H2,1-4H3/t13-,14-/m1/s1. The predicted molar refractivity (Wildman–Crippen MR) is 87.7 cm³/mol. The van der Waals surface area contributed by atoms with Crippen molar-refractivity contribution in [1.82, 2.24) is 4.98 Å². The molecule has 0 aliphatic carbocycles. The molecule has 0 spiro atoms. The van der Waals surface area contributed by atoms with Crippen molar-refractivity contribution in [2.24, 2.45) is 0 Å². The number of morpholine rings is 1. The SMILES string of the molecule is CC(=O)O[C@@H](C(=O)OC(C)(C)C)[C@H]1OCCN(c2ccc(F)nc2)C1=O. The van der Waals surface area contributed by atoms with Crippen LogP contribution in [0.5, 0.6) is 0 Å². The van der Waals surface area contributed by atoms with Crippen LogP contribution in [0.4, 0.5) is 10.1 Å². The molecule has 2 atom stereocenters. The zero-order valence-corrected chi connectivity index (χ0v) is 15.0. The third-order valence-corrected chi connectivity index (χ3v) is 3.35. The van der Waals surface area contributed by atoms with Crippen LogP contribution < -0.4 is 4.90 Å². The second-order valence-corrected chi connectivity index (χ2v) is 6.68. The van der Waals surface area contributed by atoms with Gasteiger partial charge in [-0.15, -0.1) is 0 Å². The molecule has 2 rings (SSSR count). The number of rotatable bonds is 4. The van der Waals surface area contributed by atoms with Crippen molar-refractivity contribution in [3.05, 3.63) is 24.3 Å². The first-order valence-electron chi connectivity index (χ1n) is 8.03. The molecule has 26 heavy (non-hydrogen) atoms. The van der Waals surface area contributed by atoms with Gasteiger partial charge in [-0.25, -0.2) is 9.78 Å². The fraction of sp³-hybridized carbons (Fsp3) is 0.529. The summed E-state index contributed by atoms with van der Waals surface area (Å²) in [7, 11) is 0. The second kappa shape index (κ2) is 7.77. The Morgan fingerprint density at radius 3 is 2.62 bits per heavy atom. The number of nitrogens with zero attached hydrogens (tertiary/aromatic N) is 2. The number of pyridine rings is 1. The van der Waals surface area contributed by atoms with Gasteiger partial charge in [0.25, 0.3) is 5.91 Å². The minimum Gasteiger partial charge on any atom is -0.457 e. The molecule has 0 saturated carbocycles. The number of carbonyl (C=O) groups excluding carboxylic acids is 3. The summed E-state index contributed by atoms with van der Waals surface area (Å²) >= 11 is 0. The van der Waals surface area contributed by atoms with Crippen molar-refractivity contribution in [3.63, 3.8) is 0 Å². The quantitative estimate of drug-likeness (QED) is 0.583. The highest BCUT2D eigenvalue weighted by atomic mass is 19.1. The van der Waals surface area contributed by atoms with E-state index in [9.17, 15) is 18.8 Å². The molecule has 1 saturated heterocycles. The van der Waals surface area contributed by atoms with Gasteiger partial charge in [0, 0.05) is 13.5 Å². The Labute approximate surface area is 150 Å². The van der Waals surface area contributed by atoms with Crippen LogP contribution in [0.3, 0.4) is 0 Å². The van der Waals surface area contributed by atoms with Crippen LogP contribution in [-0.2, 0) is 28.6 Å². The summed E-state index contributed by atoms with van der Waals surface area (Å²) in [5, 5.41) is 0. The van der Waals surface area contributed by atoms with Gasteiger partial charge in [0.1, 0.15) is 5.60 Å². The Morgan fingerprint density at radius 1 is 1.38 bits per heavy atom. The summed E-state index contributed by atoms with van der Waals surface area (Å²) in [5.41, 5.74) is -0.497. The Balaban J connectivity index is 2.26. The van der Waals surface area contributed by atoms with E-state index in [1.165, 1.54) is 17.2 Å². The van der Waals surface area contributed by atoms with Gasteiger partial charge in [-0.05, 0) is 32.9 Å². The molecule has 0 unspecified atom stereocenters. The average molecular weight is 368 g/mol. The highest BCUT2D eigenvalue weighted by Gasteiger charge is 2.44. The molecule has 0 radical (unpaired) electrons. The van der Waals surface area contributed by atoms with Crippen molar-refractivity contribution in [3.8, 4) is 0 Å². The van der Waals surface area contributed by atoms with E-state index in [0.29, 0.717) is 5.69 Å². The average Bonchev–Trinajstić information content (AvgIpc) is 2.52. The van der Waals surface area contributed by atoms with Crippen molar-refractivity contribution < 1.29 is 33.0 Å². The van der Waals surface area contributed by atoms with Crippen molar-refractivity contribution >= 4 is 23.5 Å². The molecule has 1 aliphatic heterocycles. The highest BCUT2D eigenvalue weighted by Crippen LogP contribution is 2.22. The summed E-state index contributed by atoms with van der Waals surface area (Å²) in [5.74, 6) is -2.93. The van der Waals surface area contributed by atoms with Crippen molar-refractivity contribution in [1.29, 1.82) is 0 Å². The van der Waals surface area contributed by atoms with Gasteiger partial charge < -0.3 is 19.1 Å². The lowest BCUT2D eigenvalue weighted by molar-refractivity contribution is -0.188. The number of halogens is 1. The number of anilines is 1. The fourth-order valence-electron chi connectivity index (χ4n) is 2.38. The lowest BCUT2D eigenvalue weighted by Crippen LogP contribution is -2.56. The maximum absolute atomic E-state index is 13.0. The van der Waals surface area contributed by atoms with Crippen LogP contribution in [0.15, 0.2) is 18.3 Å². The molecule has 1 aliphatic rings. The monoisotopic (exact) mass is 368 g/mol. The van der Waals surface area contributed by atoms with E-state index in [4.69, 9.17) is 14.2 Å². The summed E-state index contributed by atoms with van der Waals surface area (Å²) in [6, 6.07) is 2.50. The van der Waals surface area contributed by atoms with Crippen LogP contribution in [0.1, 0.15) is 27.7 Å². The number of ether oxygens (including phenoxy) is 3. The molecule has 0 bridgehead atoms. The van der Waals surface area contributed by atoms with Gasteiger partial charge in [0.2, 0.25) is 12.1 Å². The van der Waals surface area contributed by atoms with E-state index in [1.54, 1.807) is 20.8 Å². The molecule has 1 fully saturated rings. The van der Waals surface area contributed by atoms with Crippen molar-refractivity contribution in [2.75, 3.05) is 18.1 Å². The molecule has 1 aromatic rings. The van der Waals surface area contributed by atoms with Crippen LogP contribution in [0.25, 0.3) is 0 Å². The second-order valence-electron chi connectivity index (χ2n) is 6.68. The van der Waals surface area contributed by atoms with Gasteiger partial charge in [0.15, 0.2) is 6.10 Å². The first kappa shape index (κ1) is 19.8. The van der Waals surface area contributed by atoms with E-state index in [-0.39, 0.29) is 13.2 Å². The molecular formula is C17H21FN2O6.